The Hall–Kier alpha value is -2.85. The third kappa shape index (κ3) is 3.84. The second-order valence-corrected chi connectivity index (χ2v) is 4.67. The van der Waals surface area contributed by atoms with Crippen LogP contribution in [0, 0.1) is 11.3 Å². The third-order valence-corrected chi connectivity index (χ3v) is 3.17. The molecule has 1 aromatic rings. The van der Waals surface area contributed by atoms with Gasteiger partial charge in [0.2, 0.25) is 0 Å². The molecule has 1 heterocycles. The summed E-state index contributed by atoms with van der Waals surface area (Å²) >= 11 is 0. The Balaban J connectivity index is 2.02. The zero-order valence-electron chi connectivity index (χ0n) is 11.9. The number of amides is 2. The molecule has 0 saturated carbocycles. The number of morpholine rings is 1. The van der Waals surface area contributed by atoms with Crippen molar-refractivity contribution in [3.05, 3.63) is 41.6 Å². The van der Waals surface area contributed by atoms with Gasteiger partial charge in [0.15, 0.2) is 0 Å². The van der Waals surface area contributed by atoms with Crippen LogP contribution in [0.15, 0.2) is 36.0 Å². The van der Waals surface area contributed by atoms with Gasteiger partial charge in [0.1, 0.15) is 11.6 Å². The molecule has 0 aromatic heterocycles. The van der Waals surface area contributed by atoms with Gasteiger partial charge < -0.3 is 20.7 Å². The van der Waals surface area contributed by atoms with Crippen molar-refractivity contribution in [1.82, 2.24) is 10.2 Å². The molecule has 1 saturated heterocycles. The van der Waals surface area contributed by atoms with Crippen molar-refractivity contribution < 1.29 is 14.3 Å². The number of rotatable bonds is 3. The summed E-state index contributed by atoms with van der Waals surface area (Å²) in [6.45, 7) is 1.76. The van der Waals surface area contributed by atoms with Gasteiger partial charge in [-0.2, -0.15) is 5.26 Å². The van der Waals surface area contributed by atoms with Crippen molar-refractivity contribution in [3.63, 3.8) is 0 Å². The highest BCUT2D eigenvalue weighted by Gasteiger charge is 2.20. The average Bonchev–Trinajstić information content (AvgIpc) is 2.56. The molecule has 2 amide bonds. The van der Waals surface area contributed by atoms with E-state index in [0.717, 1.165) is 6.20 Å². The number of nitrogens with zero attached hydrogens (tertiary/aromatic N) is 2. The van der Waals surface area contributed by atoms with E-state index in [1.54, 1.807) is 24.3 Å². The molecule has 1 aliphatic heterocycles. The number of nitrogens with two attached hydrogens (primary N) is 1. The zero-order chi connectivity index (χ0) is 15.9. The summed E-state index contributed by atoms with van der Waals surface area (Å²) in [5.41, 5.74) is 6.36. The summed E-state index contributed by atoms with van der Waals surface area (Å²) in [5.74, 6) is -0.828. The molecule has 1 fully saturated rings. The number of hydrogen-bond acceptors (Lipinski definition) is 5. The lowest BCUT2D eigenvalue weighted by atomic mass is 10.2. The van der Waals surface area contributed by atoms with Crippen molar-refractivity contribution in [2.24, 2.45) is 0 Å². The van der Waals surface area contributed by atoms with Gasteiger partial charge in [-0.25, -0.2) is 0 Å². The summed E-state index contributed by atoms with van der Waals surface area (Å²) in [5, 5.41) is 11.5. The second kappa shape index (κ2) is 7.24. The summed E-state index contributed by atoms with van der Waals surface area (Å²) in [7, 11) is 0. The Bertz CT molecular complexity index is 625. The van der Waals surface area contributed by atoms with Gasteiger partial charge in [0.05, 0.1) is 13.2 Å². The summed E-state index contributed by atoms with van der Waals surface area (Å²) < 4.78 is 5.15. The lowest BCUT2D eigenvalue weighted by molar-refractivity contribution is -0.130. The third-order valence-electron chi connectivity index (χ3n) is 3.17. The monoisotopic (exact) mass is 300 g/mol. The van der Waals surface area contributed by atoms with E-state index in [-0.39, 0.29) is 5.57 Å². The summed E-state index contributed by atoms with van der Waals surface area (Å²) in [4.78, 5) is 25.6. The predicted molar refractivity (Wildman–Crippen MR) is 79.4 cm³/mol. The van der Waals surface area contributed by atoms with Crippen LogP contribution in [0.5, 0.6) is 0 Å². The molecule has 0 radical (unpaired) electrons. The molecule has 2 rings (SSSR count). The van der Waals surface area contributed by atoms with Crippen molar-refractivity contribution >= 4 is 17.5 Å². The largest absolute Gasteiger partial charge is 0.399 e. The molecule has 0 spiro atoms. The number of ether oxygens (including phenoxy) is 1. The fraction of sp³-hybridized carbons (Fsp3) is 0.267. The van der Waals surface area contributed by atoms with Crippen LogP contribution in [-0.4, -0.2) is 43.0 Å². The molecule has 7 heteroatoms. The van der Waals surface area contributed by atoms with Gasteiger partial charge in [-0.1, -0.05) is 0 Å². The van der Waals surface area contributed by atoms with Crippen LogP contribution in [0.25, 0.3) is 0 Å². The highest BCUT2D eigenvalue weighted by Crippen LogP contribution is 2.07. The second-order valence-electron chi connectivity index (χ2n) is 4.67. The Morgan fingerprint density at radius 2 is 1.91 bits per heavy atom. The number of carbonyl (C=O) groups excluding carboxylic acids is 2. The average molecular weight is 300 g/mol. The van der Waals surface area contributed by atoms with Crippen LogP contribution >= 0.6 is 0 Å². The van der Waals surface area contributed by atoms with Crippen molar-refractivity contribution in [2.45, 2.75) is 0 Å². The van der Waals surface area contributed by atoms with Crippen LogP contribution in [-0.2, 0) is 9.53 Å². The van der Waals surface area contributed by atoms with Gasteiger partial charge in [-0.05, 0) is 24.3 Å². The van der Waals surface area contributed by atoms with Gasteiger partial charge >= 0.3 is 0 Å². The normalized spacial score (nSPS) is 15.0. The summed E-state index contributed by atoms with van der Waals surface area (Å²) in [6, 6.07) is 8.14. The molecular weight excluding hydrogens is 284 g/mol. The van der Waals surface area contributed by atoms with Crippen molar-refractivity contribution in [1.29, 1.82) is 5.26 Å². The van der Waals surface area contributed by atoms with E-state index in [0.29, 0.717) is 37.6 Å². The smallest absolute Gasteiger partial charge is 0.266 e. The van der Waals surface area contributed by atoms with Crippen molar-refractivity contribution in [3.8, 4) is 6.07 Å². The first-order valence-electron chi connectivity index (χ1n) is 6.75. The number of nitrogens with one attached hydrogen (secondary N) is 1. The van der Waals surface area contributed by atoms with E-state index in [1.165, 1.54) is 4.90 Å². The number of carbonyl (C=O) groups is 2. The quantitative estimate of drug-likeness (QED) is 0.473. The Labute approximate surface area is 127 Å². The molecule has 0 unspecified atom stereocenters. The minimum atomic E-state index is -0.414. The molecule has 0 bridgehead atoms. The number of nitriles is 1. The van der Waals surface area contributed by atoms with E-state index >= 15 is 0 Å². The van der Waals surface area contributed by atoms with E-state index in [4.69, 9.17) is 15.7 Å². The van der Waals surface area contributed by atoms with Crippen LogP contribution in [0.1, 0.15) is 10.4 Å². The molecule has 1 aromatic carbocycles. The minimum absolute atomic E-state index is 0.120. The fourth-order valence-electron chi connectivity index (χ4n) is 1.93. The van der Waals surface area contributed by atoms with Gasteiger partial charge in [0.25, 0.3) is 11.8 Å². The maximum absolute atomic E-state index is 12.1. The first-order chi connectivity index (χ1) is 10.6. The molecule has 0 atom stereocenters. The fourth-order valence-corrected chi connectivity index (χ4v) is 1.93. The van der Waals surface area contributed by atoms with Crippen LogP contribution < -0.4 is 11.1 Å². The molecule has 0 aliphatic carbocycles. The highest BCUT2D eigenvalue weighted by molar-refractivity contribution is 5.99. The minimum Gasteiger partial charge on any atom is -0.399 e. The Morgan fingerprint density at radius 1 is 1.27 bits per heavy atom. The van der Waals surface area contributed by atoms with E-state index in [1.807, 2.05) is 6.07 Å². The molecule has 7 nitrogen and oxygen atoms in total. The molecule has 1 aliphatic rings. The number of nitrogen functional groups attached to an aromatic ring is 1. The van der Waals surface area contributed by atoms with Gasteiger partial charge in [-0.3, -0.25) is 9.59 Å². The van der Waals surface area contributed by atoms with Crippen LogP contribution in [0.3, 0.4) is 0 Å². The topological polar surface area (TPSA) is 108 Å². The van der Waals surface area contributed by atoms with Crippen LogP contribution in [0.4, 0.5) is 5.69 Å². The van der Waals surface area contributed by atoms with Gasteiger partial charge in [-0.15, -0.1) is 0 Å². The Morgan fingerprint density at radius 3 is 2.50 bits per heavy atom. The number of anilines is 1. The maximum atomic E-state index is 12.1. The zero-order valence-corrected chi connectivity index (χ0v) is 11.9. The molecule has 3 N–H and O–H groups in total. The molecular formula is C15H16N4O3. The van der Waals surface area contributed by atoms with E-state index in [9.17, 15) is 9.59 Å². The SMILES string of the molecule is N#C/C(=C/NC(=O)c1ccc(N)cc1)C(=O)N1CCOCC1. The first kappa shape index (κ1) is 15.5. The first-order valence-corrected chi connectivity index (χ1v) is 6.75. The van der Waals surface area contributed by atoms with E-state index < -0.39 is 11.8 Å². The lowest BCUT2D eigenvalue weighted by Gasteiger charge is -2.26. The Kier molecular flexibility index (Phi) is 5.11. The maximum Gasteiger partial charge on any atom is 0.266 e. The van der Waals surface area contributed by atoms with E-state index in [2.05, 4.69) is 5.32 Å². The van der Waals surface area contributed by atoms with Gasteiger partial charge in [0, 0.05) is 30.5 Å². The molecule has 114 valence electrons. The van der Waals surface area contributed by atoms with Crippen LogP contribution in [0.2, 0.25) is 0 Å². The highest BCUT2D eigenvalue weighted by atomic mass is 16.5. The van der Waals surface area contributed by atoms with Crippen molar-refractivity contribution in [2.75, 3.05) is 32.0 Å². The standard InChI is InChI=1S/C15H16N4O3/c16-9-12(15(21)19-5-7-22-8-6-19)10-18-14(20)11-1-3-13(17)4-2-11/h1-4,10H,5-8,17H2,(H,18,20)/b12-10-. The predicted octanol–water partition coefficient (Wildman–Crippen LogP) is 0.265. The lowest BCUT2D eigenvalue weighted by Crippen LogP contribution is -2.41. The molecule has 22 heavy (non-hydrogen) atoms. The number of benzene rings is 1. The summed E-state index contributed by atoms with van der Waals surface area (Å²) in [6.07, 6.45) is 1.14. The number of hydrogen-bond donors (Lipinski definition) is 2.